The number of nitriles is 1. The predicted molar refractivity (Wildman–Crippen MR) is 61.5 cm³/mol. The van der Waals surface area contributed by atoms with E-state index in [9.17, 15) is 4.39 Å². The van der Waals surface area contributed by atoms with E-state index >= 15 is 0 Å². The summed E-state index contributed by atoms with van der Waals surface area (Å²) in [4.78, 5) is 0. The fourth-order valence-corrected chi connectivity index (χ4v) is 2.02. The van der Waals surface area contributed by atoms with E-state index in [1.165, 1.54) is 31.4 Å². The van der Waals surface area contributed by atoms with Gasteiger partial charge in [0.25, 0.3) is 0 Å². The molecule has 1 aliphatic carbocycles. The third-order valence-electron chi connectivity index (χ3n) is 3.34. The van der Waals surface area contributed by atoms with Crippen LogP contribution < -0.4 is 5.32 Å². The molecule has 0 amide bonds. The first kappa shape index (κ1) is 10.9. The first-order valence-electron chi connectivity index (χ1n) is 5.67. The molecule has 1 aliphatic rings. The van der Waals surface area contributed by atoms with Gasteiger partial charge < -0.3 is 5.32 Å². The van der Waals surface area contributed by atoms with E-state index in [4.69, 9.17) is 5.26 Å². The summed E-state index contributed by atoms with van der Waals surface area (Å²) in [5.74, 6) is 0.256. The van der Waals surface area contributed by atoms with Gasteiger partial charge in [0.05, 0.1) is 5.56 Å². The quantitative estimate of drug-likeness (QED) is 0.845. The van der Waals surface area contributed by atoms with Gasteiger partial charge in [-0.1, -0.05) is 6.42 Å². The van der Waals surface area contributed by atoms with Crippen molar-refractivity contribution in [2.24, 2.45) is 5.92 Å². The first-order valence-corrected chi connectivity index (χ1v) is 5.67. The summed E-state index contributed by atoms with van der Waals surface area (Å²) in [7, 11) is 0. The van der Waals surface area contributed by atoms with Crippen LogP contribution in [0.25, 0.3) is 0 Å². The highest BCUT2D eigenvalue weighted by molar-refractivity contribution is 5.48. The van der Waals surface area contributed by atoms with Gasteiger partial charge in [0, 0.05) is 11.7 Å². The minimum Gasteiger partial charge on any atom is -0.382 e. The number of hydrogen-bond acceptors (Lipinski definition) is 2. The zero-order valence-electron chi connectivity index (χ0n) is 9.33. The minimum absolute atomic E-state index is 0.0989. The summed E-state index contributed by atoms with van der Waals surface area (Å²) in [5, 5.41) is 11.9. The van der Waals surface area contributed by atoms with Crippen LogP contribution in [0.2, 0.25) is 0 Å². The van der Waals surface area contributed by atoms with Gasteiger partial charge in [0.2, 0.25) is 0 Å². The molecular formula is C13H15FN2. The average molecular weight is 218 g/mol. The normalized spacial score (nSPS) is 17.3. The number of nitrogens with one attached hydrogen (secondary N) is 1. The van der Waals surface area contributed by atoms with Crippen molar-refractivity contribution in [1.29, 1.82) is 5.26 Å². The lowest BCUT2D eigenvalue weighted by atomic mass is 9.80. The molecule has 2 nitrogen and oxygen atoms in total. The number of anilines is 1. The number of benzene rings is 1. The second-order valence-corrected chi connectivity index (χ2v) is 4.43. The van der Waals surface area contributed by atoms with Gasteiger partial charge in [-0.05, 0) is 43.9 Å². The molecule has 1 fully saturated rings. The molecule has 1 atom stereocenters. The molecule has 0 aliphatic heterocycles. The Morgan fingerprint density at radius 2 is 2.25 bits per heavy atom. The van der Waals surface area contributed by atoms with E-state index in [1.807, 2.05) is 6.07 Å². The molecule has 1 aromatic rings. The van der Waals surface area contributed by atoms with Crippen LogP contribution in [0.3, 0.4) is 0 Å². The van der Waals surface area contributed by atoms with Crippen molar-refractivity contribution in [3.05, 3.63) is 29.6 Å². The van der Waals surface area contributed by atoms with Crippen molar-refractivity contribution in [2.75, 3.05) is 5.32 Å². The van der Waals surface area contributed by atoms with Gasteiger partial charge in [0.15, 0.2) is 0 Å². The third-order valence-corrected chi connectivity index (χ3v) is 3.34. The summed E-state index contributed by atoms with van der Waals surface area (Å²) >= 11 is 0. The van der Waals surface area contributed by atoms with Gasteiger partial charge in [-0.3, -0.25) is 0 Å². The first-order chi connectivity index (χ1) is 7.70. The molecule has 1 unspecified atom stereocenters. The SMILES string of the molecule is CC(Nc1ccc(C#N)c(F)c1)C1CCC1. The molecule has 16 heavy (non-hydrogen) atoms. The fourth-order valence-electron chi connectivity index (χ4n) is 2.02. The number of rotatable bonds is 3. The number of hydrogen-bond donors (Lipinski definition) is 1. The van der Waals surface area contributed by atoms with Crippen molar-refractivity contribution in [1.82, 2.24) is 0 Å². The third kappa shape index (κ3) is 2.16. The van der Waals surface area contributed by atoms with Gasteiger partial charge >= 0.3 is 0 Å². The molecule has 0 heterocycles. The van der Waals surface area contributed by atoms with Crippen molar-refractivity contribution in [3.8, 4) is 6.07 Å². The Kier molecular flexibility index (Phi) is 3.09. The lowest BCUT2D eigenvalue weighted by Crippen LogP contribution is -2.30. The Labute approximate surface area is 95.1 Å². The lowest BCUT2D eigenvalue weighted by Gasteiger charge is -2.32. The zero-order chi connectivity index (χ0) is 11.5. The highest BCUT2D eigenvalue weighted by Gasteiger charge is 2.23. The molecule has 1 saturated carbocycles. The Bertz CT molecular complexity index is 418. The summed E-state index contributed by atoms with van der Waals surface area (Å²) in [6.07, 6.45) is 3.82. The minimum atomic E-state index is -0.451. The second-order valence-electron chi connectivity index (χ2n) is 4.43. The van der Waals surface area contributed by atoms with Crippen LogP contribution in [-0.4, -0.2) is 6.04 Å². The van der Waals surface area contributed by atoms with Gasteiger partial charge in [-0.2, -0.15) is 5.26 Å². The number of halogens is 1. The molecular weight excluding hydrogens is 203 g/mol. The van der Waals surface area contributed by atoms with Gasteiger partial charge in [0.1, 0.15) is 11.9 Å². The Hall–Kier alpha value is -1.56. The van der Waals surface area contributed by atoms with Crippen molar-refractivity contribution in [3.63, 3.8) is 0 Å². The second kappa shape index (κ2) is 4.52. The van der Waals surface area contributed by atoms with E-state index in [-0.39, 0.29) is 5.56 Å². The van der Waals surface area contributed by atoms with E-state index in [2.05, 4.69) is 12.2 Å². The number of nitrogens with zero attached hydrogens (tertiary/aromatic N) is 1. The molecule has 1 N–H and O–H groups in total. The maximum atomic E-state index is 13.3. The Morgan fingerprint density at radius 3 is 2.75 bits per heavy atom. The van der Waals surface area contributed by atoms with Crippen LogP contribution in [0.15, 0.2) is 18.2 Å². The summed E-state index contributed by atoms with van der Waals surface area (Å²) in [6, 6.07) is 6.87. The van der Waals surface area contributed by atoms with Crippen LogP contribution in [0, 0.1) is 23.1 Å². The average Bonchev–Trinajstić information content (AvgIpc) is 2.15. The van der Waals surface area contributed by atoms with Gasteiger partial charge in [-0.15, -0.1) is 0 Å². The Morgan fingerprint density at radius 1 is 1.50 bits per heavy atom. The predicted octanol–water partition coefficient (Wildman–Crippen LogP) is 3.30. The largest absolute Gasteiger partial charge is 0.382 e. The summed E-state index contributed by atoms with van der Waals surface area (Å²) in [5.41, 5.74) is 0.859. The van der Waals surface area contributed by atoms with Gasteiger partial charge in [-0.25, -0.2) is 4.39 Å². The lowest BCUT2D eigenvalue weighted by molar-refractivity contribution is 0.285. The zero-order valence-corrected chi connectivity index (χ0v) is 9.33. The topological polar surface area (TPSA) is 35.8 Å². The molecule has 0 bridgehead atoms. The van der Waals surface area contributed by atoms with Crippen LogP contribution >= 0.6 is 0 Å². The highest BCUT2D eigenvalue weighted by Crippen LogP contribution is 2.31. The van der Waals surface area contributed by atoms with E-state index < -0.39 is 5.82 Å². The highest BCUT2D eigenvalue weighted by atomic mass is 19.1. The van der Waals surface area contributed by atoms with E-state index in [0.29, 0.717) is 12.0 Å². The van der Waals surface area contributed by atoms with Crippen LogP contribution in [-0.2, 0) is 0 Å². The monoisotopic (exact) mass is 218 g/mol. The molecule has 0 spiro atoms. The summed E-state index contributed by atoms with van der Waals surface area (Å²) < 4.78 is 13.3. The smallest absolute Gasteiger partial charge is 0.143 e. The van der Waals surface area contributed by atoms with E-state index in [1.54, 1.807) is 6.07 Å². The molecule has 2 rings (SSSR count). The fraction of sp³-hybridized carbons (Fsp3) is 0.462. The van der Waals surface area contributed by atoms with Crippen LogP contribution in [0.4, 0.5) is 10.1 Å². The molecule has 3 heteroatoms. The standard InChI is InChI=1S/C13H15FN2/c1-9(10-3-2-4-10)16-12-6-5-11(8-15)13(14)7-12/h5-7,9-10,16H,2-4H2,1H3. The maximum absolute atomic E-state index is 13.3. The molecule has 84 valence electrons. The van der Waals surface area contributed by atoms with Crippen molar-refractivity contribution in [2.45, 2.75) is 32.2 Å². The Balaban J connectivity index is 2.04. The van der Waals surface area contributed by atoms with E-state index in [0.717, 1.165) is 5.69 Å². The van der Waals surface area contributed by atoms with Crippen molar-refractivity contribution >= 4 is 5.69 Å². The van der Waals surface area contributed by atoms with Crippen LogP contribution in [0.1, 0.15) is 31.7 Å². The molecule has 0 aromatic heterocycles. The summed E-state index contributed by atoms with van der Waals surface area (Å²) in [6.45, 7) is 2.12. The van der Waals surface area contributed by atoms with Crippen LogP contribution in [0.5, 0.6) is 0 Å². The van der Waals surface area contributed by atoms with Crippen molar-refractivity contribution < 1.29 is 4.39 Å². The molecule has 1 aromatic carbocycles. The maximum Gasteiger partial charge on any atom is 0.143 e. The molecule has 0 saturated heterocycles. The molecule has 0 radical (unpaired) electrons.